The van der Waals surface area contributed by atoms with Crippen molar-refractivity contribution in [1.29, 1.82) is 5.41 Å². The first-order valence-electron chi connectivity index (χ1n) is 9.07. The van der Waals surface area contributed by atoms with Gasteiger partial charge in [-0.2, -0.15) is 0 Å². The van der Waals surface area contributed by atoms with Crippen molar-refractivity contribution in [3.05, 3.63) is 0 Å². The number of rotatable bonds is 3. The van der Waals surface area contributed by atoms with Gasteiger partial charge < -0.3 is 4.74 Å². The molecule has 2 saturated carbocycles. The summed E-state index contributed by atoms with van der Waals surface area (Å²) < 4.78 is 5.65. The predicted molar refractivity (Wildman–Crippen MR) is 85.7 cm³/mol. The lowest BCUT2D eigenvalue weighted by molar-refractivity contribution is -0.142. The van der Waals surface area contributed by atoms with Crippen molar-refractivity contribution >= 4 is 11.7 Å². The lowest BCUT2D eigenvalue weighted by atomic mass is 9.87. The standard InChI is InChI=1S/C18H31NO2/c19-17(15-11-7-3-1-4-8-12-15)18(20)21-16-13-9-5-2-6-10-14-16/h15-16,19H,1-14H2. The molecule has 0 bridgehead atoms. The monoisotopic (exact) mass is 293 g/mol. The maximum Gasteiger partial charge on any atom is 0.352 e. The molecule has 120 valence electrons. The zero-order chi connectivity index (χ0) is 14.9. The molecule has 3 nitrogen and oxygen atoms in total. The summed E-state index contributed by atoms with van der Waals surface area (Å²) in [5.41, 5.74) is 0.249. The largest absolute Gasteiger partial charge is 0.458 e. The van der Waals surface area contributed by atoms with E-state index in [0.717, 1.165) is 51.4 Å². The Bertz CT molecular complexity index is 324. The van der Waals surface area contributed by atoms with Crippen LogP contribution in [0, 0.1) is 11.3 Å². The van der Waals surface area contributed by atoms with Crippen molar-refractivity contribution in [2.75, 3.05) is 0 Å². The van der Waals surface area contributed by atoms with Gasteiger partial charge in [-0.25, -0.2) is 4.79 Å². The van der Waals surface area contributed by atoms with Crippen LogP contribution in [0.3, 0.4) is 0 Å². The highest BCUT2D eigenvalue weighted by atomic mass is 16.5. The molecule has 2 aliphatic carbocycles. The van der Waals surface area contributed by atoms with Gasteiger partial charge in [-0.3, -0.25) is 5.41 Å². The minimum absolute atomic E-state index is 0.0618. The molecule has 0 aromatic heterocycles. The Hall–Kier alpha value is -0.860. The highest BCUT2D eigenvalue weighted by Gasteiger charge is 2.25. The van der Waals surface area contributed by atoms with Crippen LogP contribution in [0.1, 0.15) is 89.9 Å². The number of esters is 1. The van der Waals surface area contributed by atoms with Gasteiger partial charge in [0.2, 0.25) is 0 Å². The van der Waals surface area contributed by atoms with Crippen LogP contribution >= 0.6 is 0 Å². The normalized spacial score (nSPS) is 23.4. The smallest absolute Gasteiger partial charge is 0.352 e. The third kappa shape index (κ3) is 5.80. The van der Waals surface area contributed by atoms with E-state index in [0.29, 0.717) is 0 Å². The van der Waals surface area contributed by atoms with Crippen LogP contribution in [0.15, 0.2) is 0 Å². The first kappa shape index (κ1) is 16.5. The van der Waals surface area contributed by atoms with Gasteiger partial charge in [0.1, 0.15) is 11.8 Å². The summed E-state index contributed by atoms with van der Waals surface area (Å²) in [7, 11) is 0. The molecule has 0 saturated heterocycles. The summed E-state index contributed by atoms with van der Waals surface area (Å²) in [6, 6.07) is 0. The summed E-state index contributed by atoms with van der Waals surface area (Å²) in [6.45, 7) is 0. The minimum Gasteiger partial charge on any atom is -0.458 e. The summed E-state index contributed by atoms with van der Waals surface area (Å²) in [4.78, 5) is 12.3. The topological polar surface area (TPSA) is 50.2 Å². The fourth-order valence-corrected chi connectivity index (χ4v) is 3.66. The lowest BCUT2D eigenvalue weighted by Crippen LogP contribution is -2.30. The number of nitrogens with one attached hydrogen (secondary N) is 1. The van der Waals surface area contributed by atoms with Crippen molar-refractivity contribution in [3.8, 4) is 0 Å². The molecule has 2 aliphatic rings. The second kappa shape index (κ2) is 9.22. The first-order valence-corrected chi connectivity index (χ1v) is 9.07. The third-order valence-electron chi connectivity index (χ3n) is 5.06. The molecule has 2 rings (SSSR count). The summed E-state index contributed by atoms with van der Waals surface area (Å²) >= 11 is 0. The van der Waals surface area contributed by atoms with Gasteiger partial charge in [0, 0.05) is 5.92 Å². The third-order valence-corrected chi connectivity index (χ3v) is 5.06. The molecular formula is C18H31NO2. The van der Waals surface area contributed by atoms with Crippen LogP contribution in [0.5, 0.6) is 0 Å². The maximum absolute atomic E-state index is 12.3. The molecule has 0 aliphatic heterocycles. The summed E-state index contributed by atoms with van der Waals surface area (Å²) in [5.74, 6) is -0.183. The molecule has 0 spiro atoms. The molecule has 0 radical (unpaired) electrons. The summed E-state index contributed by atoms with van der Waals surface area (Å²) in [5, 5.41) is 8.20. The first-order chi connectivity index (χ1) is 10.3. The van der Waals surface area contributed by atoms with E-state index in [1.165, 1.54) is 38.5 Å². The van der Waals surface area contributed by atoms with E-state index in [1.807, 2.05) is 0 Å². The molecule has 21 heavy (non-hydrogen) atoms. The Morgan fingerprint density at radius 3 is 1.67 bits per heavy atom. The van der Waals surface area contributed by atoms with E-state index in [1.54, 1.807) is 0 Å². The van der Waals surface area contributed by atoms with Gasteiger partial charge in [-0.1, -0.05) is 51.4 Å². The average molecular weight is 293 g/mol. The van der Waals surface area contributed by atoms with Crippen LogP contribution in [0.4, 0.5) is 0 Å². The minimum atomic E-state index is -0.328. The van der Waals surface area contributed by atoms with Crippen molar-refractivity contribution < 1.29 is 9.53 Å². The molecule has 1 N–H and O–H groups in total. The van der Waals surface area contributed by atoms with E-state index in [9.17, 15) is 4.79 Å². The Labute approximate surface area is 129 Å². The van der Waals surface area contributed by atoms with Crippen LogP contribution in [0.2, 0.25) is 0 Å². The number of hydrogen-bond donors (Lipinski definition) is 1. The Kier molecular flexibility index (Phi) is 7.25. The van der Waals surface area contributed by atoms with Crippen LogP contribution in [0.25, 0.3) is 0 Å². The van der Waals surface area contributed by atoms with E-state index in [4.69, 9.17) is 10.1 Å². The number of carbonyl (C=O) groups is 1. The zero-order valence-electron chi connectivity index (χ0n) is 13.4. The van der Waals surface area contributed by atoms with Gasteiger partial charge in [0.15, 0.2) is 0 Å². The van der Waals surface area contributed by atoms with Crippen molar-refractivity contribution in [1.82, 2.24) is 0 Å². The Balaban J connectivity index is 1.81. The molecule has 0 aromatic rings. The van der Waals surface area contributed by atoms with E-state index < -0.39 is 0 Å². The van der Waals surface area contributed by atoms with Crippen molar-refractivity contribution in [2.45, 2.75) is 96.0 Å². The van der Waals surface area contributed by atoms with Crippen LogP contribution < -0.4 is 0 Å². The van der Waals surface area contributed by atoms with Gasteiger partial charge >= 0.3 is 5.97 Å². The summed E-state index contributed by atoms with van der Waals surface area (Å²) in [6.07, 6.45) is 16.3. The van der Waals surface area contributed by atoms with E-state index in [2.05, 4.69) is 0 Å². The van der Waals surface area contributed by atoms with E-state index >= 15 is 0 Å². The van der Waals surface area contributed by atoms with Gasteiger partial charge in [-0.05, 0) is 38.5 Å². The fourth-order valence-electron chi connectivity index (χ4n) is 3.66. The van der Waals surface area contributed by atoms with Gasteiger partial charge in [-0.15, -0.1) is 0 Å². The second-order valence-electron chi connectivity index (χ2n) is 6.83. The maximum atomic E-state index is 12.3. The fraction of sp³-hybridized carbons (Fsp3) is 0.889. The zero-order valence-corrected chi connectivity index (χ0v) is 13.4. The SMILES string of the molecule is N=C(C(=O)OC1CCCCCCC1)C1CCCCCCC1. The highest BCUT2D eigenvalue weighted by molar-refractivity contribution is 6.35. The van der Waals surface area contributed by atoms with Crippen LogP contribution in [-0.4, -0.2) is 17.8 Å². The molecular weight excluding hydrogens is 262 g/mol. The molecule has 0 aromatic carbocycles. The van der Waals surface area contributed by atoms with Gasteiger partial charge in [0.05, 0.1) is 0 Å². The number of carbonyl (C=O) groups excluding carboxylic acids is 1. The van der Waals surface area contributed by atoms with Gasteiger partial charge in [0.25, 0.3) is 0 Å². The van der Waals surface area contributed by atoms with Crippen molar-refractivity contribution in [3.63, 3.8) is 0 Å². The average Bonchev–Trinajstić information content (AvgIpc) is 2.40. The van der Waals surface area contributed by atoms with E-state index in [-0.39, 0.29) is 23.7 Å². The Morgan fingerprint density at radius 2 is 1.14 bits per heavy atom. The van der Waals surface area contributed by atoms with Crippen molar-refractivity contribution in [2.24, 2.45) is 5.92 Å². The molecule has 0 heterocycles. The van der Waals surface area contributed by atoms with Crippen LogP contribution in [-0.2, 0) is 9.53 Å². The molecule has 3 heteroatoms. The quantitative estimate of drug-likeness (QED) is 0.586. The molecule has 0 amide bonds. The number of ether oxygens (including phenoxy) is 1. The molecule has 0 atom stereocenters. The highest BCUT2D eigenvalue weighted by Crippen LogP contribution is 2.25. The molecule has 0 unspecified atom stereocenters. The second-order valence-corrected chi connectivity index (χ2v) is 6.83. The Morgan fingerprint density at radius 1 is 0.714 bits per heavy atom. The number of hydrogen-bond acceptors (Lipinski definition) is 3. The predicted octanol–water partition coefficient (Wildman–Crippen LogP) is 5.02. The molecule has 2 fully saturated rings. The lowest BCUT2D eigenvalue weighted by Gasteiger charge is -2.23.